The topological polar surface area (TPSA) is 49.4 Å². The van der Waals surface area contributed by atoms with E-state index in [1.807, 2.05) is 48.5 Å². The second kappa shape index (κ2) is 6.50. The molecule has 112 valence electrons. The summed E-state index contributed by atoms with van der Waals surface area (Å²) in [5, 5.41) is 3.11. The first kappa shape index (κ1) is 15.2. The Labute approximate surface area is 122 Å². The maximum atomic E-state index is 12.5. The fourth-order valence-corrected chi connectivity index (χ4v) is 4.04. The SMILES string of the molecule is CNC(Cc1ccccc1)C(=O)N1CC[SH](C)(=O)CC1. The molecule has 1 amide bonds. The van der Waals surface area contributed by atoms with Crippen LogP contribution >= 0.6 is 0 Å². The Morgan fingerprint density at radius 3 is 2.45 bits per heavy atom. The van der Waals surface area contributed by atoms with E-state index >= 15 is 0 Å². The van der Waals surface area contributed by atoms with E-state index in [-0.39, 0.29) is 11.9 Å². The van der Waals surface area contributed by atoms with Crippen LogP contribution in [0.1, 0.15) is 5.56 Å². The number of carbonyl (C=O) groups is 1. The first-order chi connectivity index (χ1) is 9.52. The van der Waals surface area contributed by atoms with Gasteiger partial charge in [0, 0.05) is 24.6 Å². The molecule has 1 fully saturated rings. The van der Waals surface area contributed by atoms with Gasteiger partial charge in [-0.1, -0.05) is 30.3 Å². The molecule has 0 spiro atoms. The van der Waals surface area contributed by atoms with Crippen LogP contribution in [-0.4, -0.2) is 59.0 Å². The molecule has 1 atom stereocenters. The van der Waals surface area contributed by atoms with Gasteiger partial charge in [-0.25, -0.2) is 0 Å². The molecule has 0 bridgehead atoms. The zero-order valence-electron chi connectivity index (χ0n) is 12.2. The molecule has 1 aromatic carbocycles. The molecule has 0 radical (unpaired) electrons. The number of thiol groups is 1. The highest BCUT2D eigenvalue weighted by molar-refractivity contribution is 8.02. The van der Waals surface area contributed by atoms with Gasteiger partial charge in [-0.2, -0.15) is 0 Å². The van der Waals surface area contributed by atoms with E-state index in [2.05, 4.69) is 5.32 Å². The van der Waals surface area contributed by atoms with Gasteiger partial charge in [-0.3, -0.25) is 9.00 Å². The van der Waals surface area contributed by atoms with Crippen molar-refractivity contribution >= 4 is 15.8 Å². The first-order valence-electron chi connectivity index (χ1n) is 7.07. The average molecular weight is 296 g/mol. The van der Waals surface area contributed by atoms with Crippen LogP contribution in [0.2, 0.25) is 0 Å². The highest BCUT2D eigenvalue weighted by Crippen LogP contribution is 2.12. The lowest BCUT2D eigenvalue weighted by molar-refractivity contribution is -0.133. The summed E-state index contributed by atoms with van der Waals surface area (Å²) in [6, 6.07) is 9.82. The number of nitrogens with one attached hydrogen (secondary N) is 1. The quantitative estimate of drug-likeness (QED) is 0.786. The second-order valence-corrected chi connectivity index (χ2v) is 9.09. The highest BCUT2D eigenvalue weighted by Gasteiger charge is 2.28. The molecule has 0 aromatic heterocycles. The smallest absolute Gasteiger partial charge is 0.240 e. The minimum absolute atomic E-state index is 0.121. The molecule has 1 aliphatic rings. The van der Waals surface area contributed by atoms with Gasteiger partial charge in [0.15, 0.2) is 0 Å². The monoisotopic (exact) mass is 296 g/mol. The summed E-state index contributed by atoms with van der Waals surface area (Å²) in [6.07, 6.45) is 2.53. The summed E-state index contributed by atoms with van der Waals surface area (Å²) >= 11 is 0. The van der Waals surface area contributed by atoms with Gasteiger partial charge >= 0.3 is 0 Å². The number of nitrogens with zero attached hydrogens (tertiary/aromatic N) is 1. The zero-order valence-corrected chi connectivity index (χ0v) is 13.1. The van der Waals surface area contributed by atoms with Crippen molar-refractivity contribution in [1.29, 1.82) is 0 Å². The third kappa shape index (κ3) is 3.90. The lowest BCUT2D eigenvalue weighted by Gasteiger charge is -2.35. The van der Waals surface area contributed by atoms with Crippen LogP contribution in [0, 0.1) is 0 Å². The van der Waals surface area contributed by atoms with Crippen LogP contribution in [0.3, 0.4) is 0 Å². The summed E-state index contributed by atoms with van der Waals surface area (Å²) < 4.78 is 12.0. The fraction of sp³-hybridized carbons (Fsp3) is 0.533. The number of likely N-dealkylation sites (N-methyl/N-ethyl adjacent to an activating group) is 1. The Balaban J connectivity index is 1.97. The van der Waals surface area contributed by atoms with Gasteiger partial charge in [-0.05, 0) is 25.3 Å². The number of rotatable bonds is 4. The van der Waals surface area contributed by atoms with E-state index in [0.29, 0.717) is 31.0 Å². The standard InChI is InChI=1S/C15H24N2O2S/c1-16-14(12-13-6-4-3-5-7-13)15(18)17-8-10-20(2,19)11-9-17/h3-7,14,16,20H,8-12H2,1-2H3. The van der Waals surface area contributed by atoms with Gasteiger partial charge in [0.05, 0.1) is 6.04 Å². The van der Waals surface area contributed by atoms with Crippen molar-refractivity contribution < 1.29 is 9.00 Å². The number of amides is 1. The molecule has 1 unspecified atom stereocenters. The van der Waals surface area contributed by atoms with Crippen molar-refractivity contribution in [1.82, 2.24) is 10.2 Å². The van der Waals surface area contributed by atoms with E-state index in [1.165, 1.54) is 0 Å². The van der Waals surface area contributed by atoms with E-state index in [0.717, 1.165) is 5.56 Å². The predicted molar refractivity (Wildman–Crippen MR) is 84.8 cm³/mol. The lowest BCUT2D eigenvalue weighted by atomic mass is 10.0. The molecule has 2 rings (SSSR count). The zero-order chi connectivity index (χ0) is 14.6. The fourth-order valence-electron chi connectivity index (χ4n) is 2.49. The normalized spacial score (nSPS) is 21.2. The Morgan fingerprint density at radius 2 is 1.90 bits per heavy atom. The van der Waals surface area contributed by atoms with Crippen molar-refractivity contribution in [3.63, 3.8) is 0 Å². The Morgan fingerprint density at radius 1 is 1.30 bits per heavy atom. The lowest BCUT2D eigenvalue weighted by Crippen LogP contribution is -2.52. The molecule has 1 aromatic rings. The number of hydrogen-bond donors (Lipinski definition) is 2. The average Bonchev–Trinajstić information content (AvgIpc) is 2.45. The minimum atomic E-state index is -1.98. The number of benzene rings is 1. The molecular formula is C15H24N2O2S. The Hall–Kier alpha value is -1.20. The van der Waals surface area contributed by atoms with E-state index in [1.54, 1.807) is 0 Å². The van der Waals surface area contributed by atoms with Gasteiger partial charge < -0.3 is 10.2 Å². The summed E-state index contributed by atoms with van der Waals surface area (Å²) in [4.78, 5) is 14.4. The molecule has 0 saturated carbocycles. The molecule has 5 heteroatoms. The second-order valence-electron chi connectivity index (χ2n) is 5.60. The van der Waals surface area contributed by atoms with Crippen LogP contribution in [0.25, 0.3) is 0 Å². The molecule has 1 saturated heterocycles. The molecule has 20 heavy (non-hydrogen) atoms. The van der Waals surface area contributed by atoms with Gasteiger partial charge in [-0.15, -0.1) is 9.93 Å². The van der Waals surface area contributed by atoms with Crippen LogP contribution < -0.4 is 5.32 Å². The van der Waals surface area contributed by atoms with Gasteiger partial charge in [0.25, 0.3) is 0 Å². The van der Waals surface area contributed by atoms with E-state index in [4.69, 9.17) is 0 Å². The summed E-state index contributed by atoms with van der Waals surface area (Å²) in [6.45, 7) is 1.25. The van der Waals surface area contributed by atoms with Gasteiger partial charge in [0.1, 0.15) is 0 Å². The minimum Gasteiger partial charge on any atom is -0.340 e. The maximum absolute atomic E-state index is 12.5. The van der Waals surface area contributed by atoms with E-state index in [9.17, 15) is 9.00 Å². The van der Waals surface area contributed by atoms with Crippen molar-refractivity contribution in [3.05, 3.63) is 35.9 Å². The molecule has 4 nitrogen and oxygen atoms in total. The number of carbonyl (C=O) groups excluding carboxylic acids is 1. The van der Waals surface area contributed by atoms with Gasteiger partial charge in [0.2, 0.25) is 5.91 Å². The first-order valence-corrected chi connectivity index (χ1v) is 9.60. The molecule has 1 heterocycles. The number of hydrogen-bond acceptors (Lipinski definition) is 3. The van der Waals surface area contributed by atoms with Crippen LogP contribution in [0.4, 0.5) is 0 Å². The molecule has 1 aliphatic heterocycles. The third-order valence-electron chi connectivity index (χ3n) is 3.93. The molecule has 1 N–H and O–H groups in total. The molecular weight excluding hydrogens is 272 g/mol. The summed E-state index contributed by atoms with van der Waals surface area (Å²) in [5.74, 6) is 1.43. The van der Waals surface area contributed by atoms with Crippen molar-refractivity contribution in [2.45, 2.75) is 12.5 Å². The maximum Gasteiger partial charge on any atom is 0.240 e. The predicted octanol–water partition coefficient (Wildman–Crippen LogP) is 0.306. The Kier molecular flexibility index (Phi) is 4.94. The summed E-state index contributed by atoms with van der Waals surface area (Å²) in [5.41, 5.74) is 1.15. The van der Waals surface area contributed by atoms with Crippen LogP contribution in [0.5, 0.6) is 0 Å². The summed E-state index contributed by atoms with van der Waals surface area (Å²) in [7, 11) is -0.164. The largest absolute Gasteiger partial charge is 0.340 e. The third-order valence-corrected chi connectivity index (χ3v) is 6.22. The highest BCUT2D eigenvalue weighted by atomic mass is 32.2. The van der Waals surface area contributed by atoms with Crippen LogP contribution in [-0.2, 0) is 21.1 Å². The van der Waals surface area contributed by atoms with Crippen molar-refractivity contribution in [3.8, 4) is 0 Å². The molecule has 0 aliphatic carbocycles. The Bertz CT molecular complexity index is 492. The van der Waals surface area contributed by atoms with Crippen molar-refractivity contribution in [2.75, 3.05) is 37.9 Å². The van der Waals surface area contributed by atoms with Crippen LogP contribution in [0.15, 0.2) is 30.3 Å². The van der Waals surface area contributed by atoms with E-state index < -0.39 is 9.93 Å². The van der Waals surface area contributed by atoms with Crippen molar-refractivity contribution in [2.24, 2.45) is 0 Å².